The van der Waals surface area contributed by atoms with Crippen molar-refractivity contribution in [2.75, 3.05) is 21.3 Å². The van der Waals surface area contributed by atoms with Crippen molar-refractivity contribution in [3.8, 4) is 17.2 Å². The third kappa shape index (κ3) is 3.67. The molecule has 0 radical (unpaired) electrons. The van der Waals surface area contributed by atoms with E-state index in [1.807, 2.05) is 0 Å². The van der Waals surface area contributed by atoms with Crippen LogP contribution < -0.4 is 14.2 Å². The van der Waals surface area contributed by atoms with E-state index in [0.29, 0.717) is 39.3 Å². The van der Waals surface area contributed by atoms with E-state index < -0.39 is 11.9 Å². The lowest BCUT2D eigenvalue weighted by atomic mass is 10.1. The van der Waals surface area contributed by atoms with Crippen LogP contribution in [0.1, 0.15) is 20.7 Å². The van der Waals surface area contributed by atoms with E-state index in [1.165, 1.54) is 44.7 Å². The molecule has 3 rings (SSSR count). The van der Waals surface area contributed by atoms with E-state index in [1.54, 1.807) is 25.3 Å². The lowest BCUT2D eigenvalue weighted by Crippen LogP contribution is -2.10. The summed E-state index contributed by atoms with van der Waals surface area (Å²) in [6, 6.07) is 11.0. The molecule has 2 aromatic carbocycles. The second-order valence-electron chi connectivity index (χ2n) is 5.49. The number of pyridine rings is 1. The quantitative estimate of drug-likeness (QED) is 0.640. The zero-order valence-electron chi connectivity index (χ0n) is 15.0. The average Bonchev–Trinajstić information content (AvgIpc) is 2.72. The number of benzene rings is 2. The van der Waals surface area contributed by atoms with E-state index in [2.05, 4.69) is 9.72 Å². The molecule has 0 unspecified atom stereocenters. The summed E-state index contributed by atoms with van der Waals surface area (Å²) in [5.74, 6) is 0.307. The van der Waals surface area contributed by atoms with Gasteiger partial charge in [-0.05, 0) is 24.3 Å². The van der Waals surface area contributed by atoms with Crippen molar-refractivity contribution in [1.82, 2.24) is 4.98 Å². The SMILES string of the molecule is COC(=O)c1ccc(C(=O)Oc2ccnc3cc(OC)cc(OC)c23)cc1. The fourth-order valence-electron chi connectivity index (χ4n) is 2.58. The molecular weight excluding hydrogens is 350 g/mol. The Hall–Kier alpha value is -3.61. The van der Waals surface area contributed by atoms with Crippen molar-refractivity contribution in [3.63, 3.8) is 0 Å². The molecule has 0 aliphatic rings. The predicted octanol–water partition coefficient (Wildman–Crippen LogP) is 3.26. The number of hydrogen-bond donors (Lipinski definition) is 0. The van der Waals surface area contributed by atoms with Gasteiger partial charge in [-0.15, -0.1) is 0 Å². The third-order valence-corrected chi connectivity index (χ3v) is 3.94. The van der Waals surface area contributed by atoms with Gasteiger partial charge in [0.05, 0.1) is 43.4 Å². The summed E-state index contributed by atoms with van der Waals surface area (Å²) in [4.78, 5) is 28.3. The van der Waals surface area contributed by atoms with Gasteiger partial charge in [-0.25, -0.2) is 9.59 Å². The molecule has 0 bridgehead atoms. The molecule has 0 N–H and O–H groups in total. The van der Waals surface area contributed by atoms with Crippen LogP contribution in [0.4, 0.5) is 0 Å². The number of esters is 2. The summed E-state index contributed by atoms with van der Waals surface area (Å²) in [5.41, 5.74) is 1.20. The largest absolute Gasteiger partial charge is 0.497 e. The minimum atomic E-state index is -0.572. The predicted molar refractivity (Wildman–Crippen MR) is 97.6 cm³/mol. The van der Waals surface area contributed by atoms with Crippen LogP contribution in [0.2, 0.25) is 0 Å². The summed E-state index contributed by atoms with van der Waals surface area (Å²) in [5, 5.41) is 0.556. The molecule has 0 saturated heterocycles. The fourth-order valence-corrected chi connectivity index (χ4v) is 2.58. The Morgan fingerprint density at radius 2 is 1.48 bits per heavy atom. The maximum absolute atomic E-state index is 12.5. The van der Waals surface area contributed by atoms with Crippen LogP contribution in [0.15, 0.2) is 48.7 Å². The van der Waals surface area contributed by atoms with Crippen LogP contribution in [0.3, 0.4) is 0 Å². The molecule has 0 fully saturated rings. The van der Waals surface area contributed by atoms with Crippen molar-refractivity contribution in [2.45, 2.75) is 0 Å². The molecule has 3 aromatic rings. The molecule has 27 heavy (non-hydrogen) atoms. The van der Waals surface area contributed by atoms with Crippen LogP contribution in [-0.4, -0.2) is 38.3 Å². The Morgan fingerprint density at radius 1 is 0.815 bits per heavy atom. The first-order valence-corrected chi connectivity index (χ1v) is 7.98. The Morgan fingerprint density at radius 3 is 2.07 bits per heavy atom. The van der Waals surface area contributed by atoms with Gasteiger partial charge in [-0.1, -0.05) is 0 Å². The van der Waals surface area contributed by atoms with E-state index in [0.717, 1.165) is 0 Å². The number of hydrogen-bond acceptors (Lipinski definition) is 7. The van der Waals surface area contributed by atoms with Gasteiger partial charge in [0.25, 0.3) is 0 Å². The number of rotatable bonds is 5. The monoisotopic (exact) mass is 367 g/mol. The van der Waals surface area contributed by atoms with Crippen molar-refractivity contribution in [1.29, 1.82) is 0 Å². The lowest BCUT2D eigenvalue weighted by molar-refractivity contribution is 0.0599. The maximum atomic E-state index is 12.5. The molecule has 0 amide bonds. The Balaban J connectivity index is 1.94. The average molecular weight is 367 g/mol. The number of carbonyl (C=O) groups excluding carboxylic acids is 2. The molecule has 1 aromatic heterocycles. The van der Waals surface area contributed by atoms with Gasteiger partial charge < -0.3 is 18.9 Å². The van der Waals surface area contributed by atoms with Crippen LogP contribution in [-0.2, 0) is 4.74 Å². The highest BCUT2D eigenvalue weighted by atomic mass is 16.5. The third-order valence-electron chi connectivity index (χ3n) is 3.94. The lowest BCUT2D eigenvalue weighted by Gasteiger charge is -2.12. The van der Waals surface area contributed by atoms with E-state index in [-0.39, 0.29) is 0 Å². The summed E-state index contributed by atoms with van der Waals surface area (Å²) in [6.45, 7) is 0. The number of carbonyl (C=O) groups is 2. The Labute approximate surface area is 155 Å². The van der Waals surface area contributed by atoms with Crippen LogP contribution in [0.5, 0.6) is 17.2 Å². The van der Waals surface area contributed by atoms with Crippen LogP contribution in [0.25, 0.3) is 10.9 Å². The summed E-state index contributed by atoms with van der Waals surface area (Å²) in [7, 11) is 4.35. The Bertz CT molecular complexity index is 997. The highest BCUT2D eigenvalue weighted by Gasteiger charge is 2.16. The molecule has 0 saturated carbocycles. The van der Waals surface area contributed by atoms with Gasteiger partial charge in [0, 0.05) is 24.4 Å². The summed E-state index contributed by atoms with van der Waals surface area (Å²) < 4.78 is 20.8. The van der Waals surface area contributed by atoms with Gasteiger partial charge in [0.15, 0.2) is 0 Å². The van der Waals surface area contributed by atoms with E-state index in [4.69, 9.17) is 14.2 Å². The van der Waals surface area contributed by atoms with E-state index in [9.17, 15) is 9.59 Å². The van der Waals surface area contributed by atoms with Gasteiger partial charge >= 0.3 is 11.9 Å². The van der Waals surface area contributed by atoms with Gasteiger partial charge in [-0.3, -0.25) is 4.98 Å². The number of fused-ring (bicyclic) bond motifs is 1. The normalized spacial score (nSPS) is 10.3. The molecule has 1 heterocycles. The molecule has 0 spiro atoms. The van der Waals surface area contributed by atoms with Gasteiger partial charge in [0.1, 0.15) is 17.2 Å². The first kappa shape index (κ1) is 18.2. The molecule has 0 atom stereocenters. The van der Waals surface area contributed by atoms with Crippen molar-refractivity contribution < 1.29 is 28.5 Å². The molecular formula is C20H17NO6. The Kier molecular flexibility index (Phi) is 5.21. The summed E-state index contributed by atoms with van der Waals surface area (Å²) >= 11 is 0. The fraction of sp³-hybridized carbons (Fsp3) is 0.150. The van der Waals surface area contributed by atoms with Crippen molar-refractivity contribution >= 4 is 22.8 Å². The number of methoxy groups -OCH3 is 3. The van der Waals surface area contributed by atoms with Crippen LogP contribution in [0, 0.1) is 0 Å². The van der Waals surface area contributed by atoms with Gasteiger partial charge in [-0.2, -0.15) is 0 Å². The standard InChI is InChI=1S/C20H17NO6/c1-24-14-10-15-18(17(11-14)25-2)16(8-9-21-15)27-20(23)13-6-4-12(5-7-13)19(22)26-3/h4-11H,1-3H3. The zero-order chi connectivity index (χ0) is 19.4. The molecule has 138 valence electrons. The van der Waals surface area contributed by atoms with Crippen molar-refractivity contribution in [2.24, 2.45) is 0 Å². The second kappa shape index (κ2) is 7.74. The highest BCUT2D eigenvalue weighted by molar-refractivity contribution is 5.98. The van der Waals surface area contributed by atoms with E-state index >= 15 is 0 Å². The molecule has 0 aliphatic carbocycles. The van der Waals surface area contributed by atoms with Gasteiger partial charge in [0.2, 0.25) is 0 Å². The molecule has 0 aliphatic heterocycles. The number of ether oxygens (including phenoxy) is 4. The minimum Gasteiger partial charge on any atom is -0.497 e. The smallest absolute Gasteiger partial charge is 0.343 e. The topological polar surface area (TPSA) is 84.0 Å². The highest BCUT2D eigenvalue weighted by Crippen LogP contribution is 2.36. The number of nitrogens with zero attached hydrogens (tertiary/aromatic N) is 1. The maximum Gasteiger partial charge on any atom is 0.343 e. The zero-order valence-corrected chi connectivity index (χ0v) is 15.0. The first-order chi connectivity index (χ1) is 13.1. The molecule has 7 heteroatoms. The van der Waals surface area contributed by atoms with Crippen molar-refractivity contribution in [3.05, 3.63) is 59.8 Å². The van der Waals surface area contributed by atoms with Crippen LogP contribution >= 0.6 is 0 Å². The minimum absolute atomic E-state index is 0.292. The number of aromatic nitrogens is 1. The molecule has 7 nitrogen and oxygen atoms in total. The first-order valence-electron chi connectivity index (χ1n) is 7.98. The summed E-state index contributed by atoms with van der Waals surface area (Å²) in [6.07, 6.45) is 1.53. The second-order valence-corrected chi connectivity index (χ2v) is 5.49.